The highest BCUT2D eigenvalue weighted by molar-refractivity contribution is 6.01. The summed E-state index contributed by atoms with van der Waals surface area (Å²) in [5, 5.41) is 0. The van der Waals surface area contributed by atoms with Gasteiger partial charge in [0.05, 0.1) is 0 Å². The van der Waals surface area contributed by atoms with Gasteiger partial charge in [-0.05, 0) is 37.3 Å². The fourth-order valence-electron chi connectivity index (χ4n) is 2.63. The minimum atomic E-state index is 0.193. The van der Waals surface area contributed by atoms with Crippen molar-refractivity contribution in [3.8, 4) is 0 Å². The molecule has 0 aromatic heterocycles. The van der Waals surface area contributed by atoms with Crippen LogP contribution in [0.5, 0.6) is 0 Å². The Kier molecular flexibility index (Phi) is 0.783. The second-order valence-corrected chi connectivity index (χ2v) is 3.89. The third kappa shape index (κ3) is 0.550. The molecule has 0 bridgehead atoms. The first-order valence-corrected chi connectivity index (χ1v) is 4.25. The summed E-state index contributed by atoms with van der Waals surface area (Å²) >= 11 is 0. The number of hydrogen-bond donors (Lipinski definition) is 0. The Balaban J connectivity index is 2.12. The molecule has 3 aliphatic carbocycles. The average Bonchev–Trinajstić information content (AvgIpc) is 2.60. The predicted octanol–water partition coefficient (Wildman–Crippen LogP) is 1.85. The molecule has 0 aromatic carbocycles. The van der Waals surface area contributed by atoms with Crippen LogP contribution in [0.4, 0.5) is 0 Å². The van der Waals surface area contributed by atoms with E-state index in [-0.39, 0.29) is 5.78 Å². The van der Waals surface area contributed by atoms with Gasteiger partial charge in [0.25, 0.3) is 0 Å². The maximum Gasteiger partial charge on any atom is 0.178 e. The van der Waals surface area contributed by atoms with Gasteiger partial charge >= 0.3 is 0 Å². The topological polar surface area (TPSA) is 17.1 Å². The zero-order valence-electron chi connectivity index (χ0n) is 6.34. The van der Waals surface area contributed by atoms with Gasteiger partial charge in [-0.3, -0.25) is 4.79 Å². The molecular formula is C10H10O. The van der Waals surface area contributed by atoms with Crippen LogP contribution in [0.2, 0.25) is 0 Å². The molecule has 0 N–H and O–H groups in total. The van der Waals surface area contributed by atoms with E-state index in [9.17, 15) is 4.79 Å². The summed E-state index contributed by atoms with van der Waals surface area (Å²) in [5.41, 5.74) is 1.81. The Morgan fingerprint density at radius 3 is 3.27 bits per heavy atom. The molecule has 2 saturated carbocycles. The first kappa shape index (κ1) is 5.76. The zero-order valence-corrected chi connectivity index (χ0v) is 6.34. The average molecular weight is 146 g/mol. The predicted molar refractivity (Wildman–Crippen MR) is 42.0 cm³/mol. The molecule has 0 saturated heterocycles. The van der Waals surface area contributed by atoms with Crippen molar-refractivity contribution in [1.29, 1.82) is 0 Å². The van der Waals surface area contributed by atoms with Crippen LogP contribution in [0.25, 0.3) is 0 Å². The normalized spacial score (nSPS) is 44.9. The van der Waals surface area contributed by atoms with Gasteiger partial charge in [0.1, 0.15) is 0 Å². The molecule has 2 atom stereocenters. The van der Waals surface area contributed by atoms with Gasteiger partial charge in [0.2, 0.25) is 0 Å². The van der Waals surface area contributed by atoms with E-state index < -0.39 is 0 Å². The number of carbonyl (C=O) groups excluding carboxylic acids is 1. The van der Waals surface area contributed by atoms with E-state index in [1.807, 2.05) is 6.08 Å². The number of rotatable bonds is 0. The summed E-state index contributed by atoms with van der Waals surface area (Å²) in [6.07, 6.45) is 9.52. The molecule has 0 amide bonds. The first-order chi connectivity index (χ1) is 5.31. The largest absolute Gasteiger partial charge is 0.290 e. The van der Waals surface area contributed by atoms with E-state index >= 15 is 0 Å². The molecule has 0 aliphatic heterocycles. The molecule has 11 heavy (non-hydrogen) atoms. The van der Waals surface area contributed by atoms with Gasteiger partial charge < -0.3 is 0 Å². The fourth-order valence-corrected chi connectivity index (χ4v) is 2.63. The third-order valence-corrected chi connectivity index (χ3v) is 3.37. The van der Waals surface area contributed by atoms with E-state index in [1.165, 1.54) is 24.8 Å². The lowest BCUT2D eigenvalue weighted by Gasteiger charge is -2.13. The Hall–Kier alpha value is -0.850. The zero-order chi connectivity index (χ0) is 7.47. The van der Waals surface area contributed by atoms with E-state index in [1.54, 1.807) is 6.08 Å². The van der Waals surface area contributed by atoms with Crippen LogP contribution in [0, 0.1) is 11.3 Å². The lowest BCUT2D eigenvalue weighted by molar-refractivity contribution is -0.110. The van der Waals surface area contributed by atoms with Crippen molar-refractivity contribution in [3.05, 3.63) is 23.8 Å². The molecule has 0 unspecified atom stereocenters. The highest BCUT2D eigenvalue weighted by atomic mass is 16.1. The summed E-state index contributed by atoms with van der Waals surface area (Å²) in [6.45, 7) is 0. The number of ketones is 1. The lowest BCUT2D eigenvalue weighted by atomic mass is 9.91. The number of allylic oxidation sites excluding steroid dienone is 4. The second-order valence-electron chi connectivity index (χ2n) is 3.89. The van der Waals surface area contributed by atoms with Crippen LogP contribution in [0.15, 0.2) is 23.8 Å². The second kappa shape index (κ2) is 1.50. The molecule has 0 aromatic rings. The Morgan fingerprint density at radius 1 is 1.55 bits per heavy atom. The van der Waals surface area contributed by atoms with Crippen molar-refractivity contribution < 1.29 is 4.79 Å². The summed E-state index contributed by atoms with van der Waals surface area (Å²) in [5.74, 6) is 1.08. The minimum absolute atomic E-state index is 0.193. The van der Waals surface area contributed by atoms with Gasteiger partial charge in [-0.2, -0.15) is 0 Å². The summed E-state index contributed by atoms with van der Waals surface area (Å²) < 4.78 is 0. The van der Waals surface area contributed by atoms with E-state index in [0.717, 1.165) is 5.92 Å². The molecule has 2 fully saturated rings. The van der Waals surface area contributed by atoms with Gasteiger partial charge in [-0.15, -0.1) is 0 Å². The van der Waals surface area contributed by atoms with Crippen molar-refractivity contribution in [3.63, 3.8) is 0 Å². The summed E-state index contributed by atoms with van der Waals surface area (Å²) in [7, 11) is 0. The third-order valence-electron chi connectivity index (χ3n) is 3.37. The quantitative estimate of drug-likeness (QED) is 0.509. The molecule has 3 rings (SSSR count). The number of hydrogen-bond acceptors (Lipinski definition) is 1. The maximum atomic E-state index is 11.0. The summed E-state index contributed by atoms with van der Waals surface area (Å²) in [6, 6.07) is 0. The van der Waals surface area contributed by atoms with Crippen LogP contribution in [0.1, 0.15) is 19.3 Å². The smallest absolute Gasteiger partial charge is 0.178 e. The standard InChI is InChI=1S/C10H10O/c11-9-3-4-10-6-8(10)2-1-7(10)5-9/h3-5,8H,1-2,6H2/t8-,10+/m1/s1. The van der Waals surface area contributed by atoms with Crippen molar-refractivity contribution >= 4 is 5.78 Å². The van der Waals surface area contributed by atoms with Crippen molar-refractivity contribution in [2.24, 2.45) is 11.3 Å². The van der Waals surface area contributed by atoms with E-state index in [0.29, 0.717) is 5.41 Å². The van der Waals surface area contributed by atoms with Crippen LogP contribution in [-0.4, -0.2) is 5.78 Å². The fraction of sp³-hybridized carbons (Fsp3) is 0.500. The highest BCUT2D eigenvalue weighted by Gasteiger charge is 2.58. The summed E-state index contributed by atoms with van der Waals surface area (Å²) in [4.78, 5) is 11.0. The van der Waals surface area contributed by atoms with E-state index in [4.69, 9.17) is 0 Å². The van der Waals surface area contributed by atoms with Crippen LogP contribution < -0.4 is 0 Å². The van der Waals surface area contributed by atoms with E-state index in [2.05, 4.69) is 6.08 Å². The van der Waals surface area contributed by atoms with Crippen LogP contribution >= 0.6 is 0 Å². The van der Waals surface area contributed by atoms with Crippen molar-refractivity contribution in [2.45, 2.75) is 19.3 Å². The lowest BCUT2D eigenvalue weighted by Crippen LogP contribution is -2.06. The monoisotopic (exact) mass is 146 g/mol. The van der Waals surface area contributed by atoms with Crippen LogP contribution in [-0.2, 0) is 4.79 Å². The SMILES string of the molecule is O=C1C=C[C@@]23C[C@H]2CCC3=C1. The minimum Gasteiger partial charge on any atom is -0.290 e. The molecule has 56 valence electrons. The van der Waals surface area contributed by atoms with Crippen molar-refractivity contribution in [2.75, 3.05) is 0 Å². The Labute approximate surface area is 65.8 Å². The van der Waals surface area contributed by atoms with Gasteiger partial charge in [-0.1, -0.05) is 11.6 Å². The highest BCUT2D eigenvalue weighted by Crippen LogP contribution is 2.67. The Bertz CT molecular complexity index is 298. The molecular weight excluding hydrogens is 136 g/mol. The molecule has 1 nitrogen and oxygen atoms in total. The van der Waals surface area contributed by atoms with Gasteiger partial charge in [0.15, 0.2) is 5.78 Å². The Morgan fingerprint density at radius 2 is 2.45 bits per heavy atom. The number of carbonyl (C=O) groups is 1. The molecule has 1 heteroatoms. The molecule has 3 aliphatic rings. The van der Waals surface area contributed by atoms with Crippen LogP contribution in [0.3, 0.4) is 0 Å². The molecule has 0 heterocycles. The molecule has 1 spiro atoms. The van der Waals surface area contributed by atoms with Crippen molar-refractivity contribution in [1.82, 2.24) is 0 Å². The first-order valence-electron chi connectivity index (χ1n) is 4.25. The van der Waals surface area contributed by atoms with Gasteiger partial charge in [-0.25, -0.2) is 0 Å². The maximum absolute atomic E-state index is 11.0. The molecule has 0 radical (unpaired) electrons. The van der Waals surface area contributed by atoms with Gasteiger partial charge in [0, 0.05) is 5.41 Å².